The van der Waals surface area contributed by atoms with Crippen LogP contribution in [-0.2, 0) is 20.9 Å². The summed E-state index contributed by atoms with van der Waals surface area (Å²) in [5.41, 5.74) is 0.628. The van der Waals surface area contributed by atoms with Crippen LogP contribution in [0.4, 0.5) is 0 Å². The van der Waals surface area contributed by atoms with Crippen LogP contribution >= 0.6 is 11.8 Å². The molecule has 0 aromatic heterocycles. The van der Waals surface area contributed by atoms with Gasteiger partial charge in [0.15, 0.2) is 0 Å². The second-order valence-electron chi connectivity index (χ2n) is 14.5. The van der Waals surface area contributed by atoms with Crippen molar-refractivity contribution in [3.05, 3.63) is 60.2 Å². The van der Waals surface area contributed by atoms with Crippen LogP contribution < -0.4 is 0 Å². The predicted molar refractivity (Wildman–Crippen MR) is 168 cm³/mol. The van der Waals surface area contributed by atoms with Gasteiger partial charge < -0.3 is 19.8 Å². The molecule has 0 saturated carbocycles. The Morgan fingerprint density at radius 2 is 1.60 bits per heavy atom. The SMILES string of the molecule is CC(C)(C)CC(C)(C)N1CC=C[C@]23S[C@]4(C)C=CCN(Cc5ccccc5)C(=O)[C@@H]4[C@H]2C(=O)N(CCCCO)C3C1=O. The number of thioether (sulfide) groups is 1. The van der Waals surface area contributed by atoms with Gasteiger partial charge in [-0.25, -0.2) is 0 Å². The van der Waals surface area contributed by atoms with Crippen LogP contribution in [0.5, 0.6) is 0 Å². The van der Waals surface area contributed by atoms with Gasteiger partial charge >= 0.3 is 0 Å². The highest BCUT2D eigenvalue weighted by Gasteiger charge is 2.74. The molecule has 4 aliphatic heterocycles. The van der Waals surface area contributed by atoms with Gasteiger partial charge in [0.2, 0.25) is 17.7 Å². The van der Waals surface area contributed by atoms with Crippen molar-refractivity contribution < 1.29 is 19.5 Å². The first kappa shape index (κ1) is 30.9. The third kappa shape index (κ3) is 5.34. The fourth-order valence-electron chi connectivity index (χ4n) is 8.09. The smallest absolute Gasteiger partial charge is 0.247 e. The molecule has 3 amide bonds. The Hall–Kier alpha value is -2.58. The molecule has 4 aliphatic rings. The highest BCUT2D eigenvalue weighted by atomic mass is 32.2. The van der Waals surface area contributed by atoms with Crippen molar-refractivity contribution >= 4 is 29.5 Å². The number of rotatable bonds is 8. The van der Waals surface area contributed by atoms with Crippen LogP contribution in [-0.4, -0.2) is 84.8 Å². The Morgan fingerprint density at radius 1 is 0.905 bits per heavy atom. The number of nitrogens with zero attached hydrogens (tertiary/aromatic N) is 3. The number of amides is 3. The van der Waals surface area contributed by atoms with E-state index in [0.717, 1.165) is 12.0 Å². The number of aliphatic hydroxyl groups excluding tert-OH is 1. The molecule has 0 bridgehead atoms. The molecule has 1 spiro atoms. The van der Waals surface area contributed by atoms with Gasteiger partial charge in [0.05, 0.1) is 16.6 Å². The van der Waals surface area contributed by atoms with Crippen molar-refractivity contribution in [2.75, 3.05) is 26.2 Å². The summed E-state index contributed by atoms with van der Waals surface area (Å²) < 4.78 is -1.48. The van der Waals surface area contributed by atoms with E-state index in [9.17, 15) is 19.5 Å². The summed E-state index contributed by atoms with van der Waals surface area (Å²) in [6.45, 7) is 14.7. The van der Waals surface area contributed by atoms with Gasteiger partial charge in [0.1, 0.15) is 6.04 Å². The number of aliphatic hydroxyl groups is 1. The highest BCUT2D eigenvalue weighted by molar-refractivity contribution is 8.02. The second-order valence-corrected chi connectivity index (χ2v) is 16.3. The first-order valence-electron chi connectivity index (χ1n) is 15.4. The monoisotopic (exact) mass is 593 g/mol. The van der Waals surface area contributed by atoms with Crippen molar-refractivity contribution in [2.45, 2.75) is 88.4 Å². The fourth-order valence-corrected chi connectivity index (χ4v) is 10.2. The first-order valence-corrected chi connectivity index (χ1v) is 16.2. The molecule has 228 valence electrons. The van der Waals surface area contributed by atoms with Crippen LogP contribution in [0.15, 0.2) is 54.6 Å². The number of hydrogen-bond donors (Lipinski definition) is 1. The molecule has 1 aromatic rings. The van der Waals surface area contributed by atoms with Gasteiger partial charge in [0.25, 0.3) is 0 Å². The molecule has 2 saturated heterocycles. The lowest BCUT2D eigenvalue weighted by Gasteiger charge is -2.44. The lowest BCUT2D eigenvalue weighted by molar-refractivity contribution is -0.147. The average molecular weight is 594 g/mol. The number of unbranched alkanes of at least 4 members (excludes halogenated alkanes) is 1. The maximum absolute atomic E-state index is 14.8. The summed E-state index contributed by atoms with van der Waals surface area (Å²) >= 11 is 1.63. The van der Waals surface area contributed by atoms with E-state index in [-0.39, 0.29) is 29.7 Å². The van der Waals surface area contributed by atoms with E-state index in [1.165, 1.54) is 0 Å². The maximum Gasteiger partial charge on any atom is 0.247 e. The molecule has 1 unspecified atom stereocenters. The van der Waals surface area contributed by atoms with Crippen LogP contribution in [0.25, 0.3) is 0 Å². The molecule has 2 fully saturated rings. The summed E-state index contributed by atoms with van der Waals surface area (Å²) in [5, 5.41) is 9.51. The minimum atomic E-state index is -0.852. The highest BCUT2D eigenvalue weighted by Crippen LogP contribution is 2.65. The lowest BCUT2D eigenvalue weighted by Crippen LogP contribution is -2.58. The summed E-state index contributed by atoms with van der Waals surface area (Å²) in [6, 6.07) is 9.25. The quantitative estimate of drug-likeness (QED) is 0.350. The Morgan fingerprint density at radius 3 is 2.26 bits per heavy atom. The number of fused-ring (bicyclic) bond motifs is 2. The standard InChI is InChI=1S/C34H47N3O4S/c1-31(2,3)23-32(4,5)37-20-13-17-34-26(29(40)36(19-10-11-21-38)27(34)30(37)41)25-28(39)35(18-12-16-33(25,6)42-34)22-24-14-8-7-9-15-24/h7-9,12-17,25-27,38H,10-11,18-23H2,1-6H3/t25-,26-,27?,33+,34-/m0/s1. The Labute approximate surface area is 255 Å². The molecule has 7 nitrogen and oxygen atoms in total. The van der Waals surface area contributed by atoms with E-state index in [2.05, 4.69) is 65.8 Å². The van der Waals surface area contributed by atoms with Gasteiger partial charge in [-0.05, 0) is 51.0 Å². The molecule has 5 rings (SSSR count). The summed E-state index contributed by atoms with van der Waals surface area (Å²) in [7, 11) is 0. The molecule has 42 heavy (non-hydrogen) atoms. The van der Waals surface area contributed by atoms with E-state index in [1.807, 2.05) is 40.1 Å². The largest absolute Gasteiger partial charge is 0.396 e. The minimum Gasteiger partial charge on any atom is -0.396 e. The third-order valence-corrected chi connectivity index (χ3v) is 11.2. The normalized spacial score (nSPS) is 31.3. The van der Waals surface area contributed by atoms with Crippen LogP contribution in [0.1, 0.15) is 66.4 Å². The zero-order chi connectivity index (χ0) is 30.5. The van der Waals surface area contributed by atoms with Crippen LogP contribution in [0.3, 0.4) is 0 Å². The Bertz CT molecular complexity index is 1270. The Kier molecular flexibility index (Phi) is 8.20. The van der Waals surface area contributed by atoms with Crippen LogP contribution in [0, 0.1) is 17.3 Å². The van der Waals surface area contributed by atoms with Gasteiger partial charge in [-0.1, -0.05) is 75.4 Å². The third-order valence-electron chi connectivity index (χ3n) is 9.36. The minimum absolute atomic E-state index is 0.00847. The molecular formula is C34H47N3O4S. The van der Waals surface area contributed by atoms with Crippen LogP contribution in [0.2, 0.25) is 0 Å². The average Bonchev–Trinajstić information content (AvgIpc) is 3.16. The molecule has 8 heteroatoms. The number of benzene rings is 1. The second kappa shape index (κ2) is 11.2. The van der Waals surface area contributed by atoms with E-state index in [4.69, 9.17) is 0 Å². The number of likely N-dealkylation sites (tertiary alicyclic amines) is 1. The first-order chi connectivity index (χ1) is 19.7. The van der Waals surface area contributed by atoms with Crippen molar-refractivity contribution in [3.8, 4) is 0 Å². The topological polar surface area (TPSA) is 81.2 Å². The van der Waals surface area contributed by atoms with Crippen molar-refractivity contribution in [1.29, 1.82) is 0 Å². The van der Waals surface area contributed by atoms with E-state index >= 15 is 0 Å². The molecule has 1 aromatic carbocycles. The number of hydrogen-bond acceptors (Lipinski definition) is 5. The Balaban J connectivity index is 1.57. The molecule has 5 atom stereocenters. The fraction of sp³-hybridized carbons (Fsp3) is 0.618. The van der Waals surface area contributed by atoms with Gasteiger partial charge in [0, 0.05) is 43.1 Å². The van der Waals surface area contributed by atoms with Gasteiger partial charge in [-0.15, -0.1) is 11.8 Å². The summed E-state index contributed by atoms with van der Waals surface area (Å²) in [5.74, 6) is -1.42. The number of carbonyl (C=O) groups excluding carboxylic acids is 3. The number of carbonyl (C=O) groups is 3. The van der Waals surface area contributed by atoms with E-state index in [0.29, 0.717) is 39.0 Å². The predicted octanol–water partition coefficient (Wildman–Crippen LogP) is 4.66. The zero-order valence-electron chi connectivity index (χ0n) is 26.0. The molecular weight excluding hydrogens is 546 g/mol. The lowest BCUT2D eigenvalue weighted by atomic mass is 9.74. The molecule has 0 aliphatic carbocycles. The zero-order valence-corrected chi connectivity index (χ0v) is 26.8. The van der Waals surface area contributed by atoms with Crippen molar-refractivity contribution in [1.82, 2.24) is 14.7 Å². The summed E-state index contributed by atoms with van der Waals surface area (Å²) in [6.07, 6.45) is 10.3. The van der Waals surface area contributed by atoms with E-state index in [1.54, 1.807) is 16.7 Å². The van der Waals surface area contributed by atoms with Gasteiger partial charge in [-0.2, -0.15) is 0 Å². The summed E-state index contributed by atoms with van der Waals surface area (Å²) in [4.78, 5) is 49.4. The van der Waals surface area contributed by atoms with Crippen molar-refractivity contribution in [3.63, 3.8) is 0 Å². The van der Waals surface area contributed by atoms with Gasteiger partial charge in [-0.3, -0.25) is 14.4 Å². The maximum atomic E-state index is 14.8. The van der Waals surface area contributed by atoms with Crippen molar-refractivity contribution in [2.24, 2.45) is 17.3 Å². The molecule has 0 radical (unpaired) electrons. The molecule has 1 N–H and O–H groups in total. The van der Waals surface area contributed by atoms with E-state index < -0.39 is 32.9 Å². The molecule has 4 heterocycles.